The first-order chi connectivity index (χ1) is 2.00. The van der Waals surface area contributed by atoms with E-state index in [1.165, 1.54) is 0 Å². The summed E-state index contributed by atoms with van der Waals surface area (Å²) in [5.74, 6) is 0. The van der Waals surface area contributed by atoms with Gasteiger partial charge in [-0.25, -0.2) is 0 Å². The van der Waals surface area contributed by atoms with Gasteiger partial charge in [-0.05, 0) is 0 Å². The van der Waals surface area contributed by atoms with Gasteiger partial charge in [0.1, 0.15) is 0 Å². The van der Waals surface area contributed by atoms with Crippen molar-refractivity contribution in [3.8, 4) is 0 Å². The Morgan fingerprint density at radius 1 is 0.875 bits per heavy atom. The van der Waals surface area contributed by atoms with Gasteiger partial charge in [0.25, 0.3) is 0 Å². The van der Waals surface area contributed by atoms with E-state index < -0.39 is 9.05 Å². The van der Waals surface area contributed by atoms with Gasteiger partial charge in [-0.15, -0.1) is 0 Å². The van der Waals surface area contributed by atoms with Crippen LogP contribution in [0.5, 0.6) is 0 Å². The van der Waals surface area contributed by atoms with Crippen molar-refractivity contribution in [3.63, 3.8) is 0 Å². The maximum absolute atomic E-state index is 7.33. The summed E-state index contributed by atoms with van der Waals surface area (Å²) in [6, 6.07) is 0. The van der Waals surface area contributed by atoms with E-state index in [1.807, 2.05) is 0 Å². The summed E-state index contributed by atoms with van der Waals surface area (Å²) in [7, 11) is -4.61. The molecule has 8 heteroatoms. The SMILES string of the molecule is O[Si](O)(O)O.[AlH3].[LiH].[NaH]. The second-order valence-corrected chi connectivity index (χ2v) is 1.80. The van der Waals surface area contributed by atoms with Gasteiger partial charge in [-0.1, -0.05) is 0 Å². The van der Waals surface area contributed by atoms with Crippen LogP contribution in [-0.2, 0) is 0 Å². The predicted octanol–water partition coefficient (Wildman–Crippen LogP) is -5.09. The van der Waals surface area contributed by atoms with Gasteiger partial charge in [0.15, 0.2) is 17.4 Å². The van der Waals surface area contributed by atoms with Crippen LogP contribution in [0.25, 0.3) is 0 Å². The van der Waals surface area contributed by atoms with Gasteiger partial charge in [0.2, 0.25) is 0 Å². The van der Waals surface area contributed by atoms with Crippen molar-refractivity contribution in [2.24, 2.45) is 0 Å². The van der Waals surface area contributed by atoms with E-state index in [1.54, 1.807) is 0 Å². The van der Waals surface area contributed by atoms with Gasteiger partial charge in [-0.2, -0.15) is 0 Å². The summed E-state index contributed by atoms with van der Waals surface area (Å²) in [6.07, 6.45) is 0. The van der Waals surface area contributed by atoms with Crippen molar-refractivity contribution in [1.29, 1.82) is 0 Å². The van der Waals surface area contributed by atoms with E-state index in [0.29, 0.717) is 0 Å². The third-order valence-electron chi connectivity index (χ3n) is 0. The van der Waals surface area contributed by atoms with Crippen LogP contribution >= 0.6 is 0 Å². The summed E-state index contributed by atoms with van der Waals surface area (Å²) in [6.45, 7) is 0. The fourth-order valence-electron chi connectivity index (χ4n) is 0. The van der Waals surface area contributed by atoms with Crippen molar-refractivity contribution in [1.82, 2.24) is 0 Å². The Kier molecular flexibility index (Phi) is 25.8. The van der Waals surface area contributed by atoms with E-state index in [-0.39, 0.29) is 65.8 Å². The standard InChI is InChI=1S/Al.Li.Na.H4O4Si.5H/c;;;1-5(2,3)4;;;;;/h;;;1-4H;;;;;. The Bertz CT molecular complexity index is 31.5. The Morgan fingerprint density at radius 2 is 0.875 bits per heavy atom. The zero-order valence-electron chi connectivity index (χ0n) is 2.29. The number of hydrogen-bond acceptors (Lipinski definition) is 4. The summed E-state index contributed by atoms with van der Waals surface area (Å²) in [5.41, 5.74) is 0. The van der Waals surface area contributed by atoms with Crippen LogP contribution in [0, 0.1) is 0 Å². The van der Waals surface area contributed by atoms with Crippen LogP contribution in [0.15, 0.2) is 0 Å². The second-order valence-electron chi connectivity index (χ2n) is 0.600. The predicted molar refractivity (Wildman–Crippen MR) is 38.9 cm³/mol. The molecule has 0 rings (SSSR count). The van der Waals surface area contributed by atoms with Crippen molar-refractivity contribution in [2.45, 2.75) is 0 Å². The molecule has 0 saturated heterocycles. The summed E-state index contributed by atoms with van der Waals surface area (Å²) in [5, 5.41) is 0. The molecule has 0 aromatic heterocycles. The average Bonchev–Trinajstić information content (AvgIpc) is 0.722. The second kappa shape index (κ2) is 9.19. The van der Waals surface area contributed by atoms with Gasteiger partial charge >= 0.3 is 57.5 Å². The fourth-order valence-corrected chi connectivity index (χ4v) is 0. The molecule has 0 amide bonds. The van der Waals surface area contributed by atoms with E-state index in [4.69, 9.17) is 19.2 Å². The quantitative estimate of drug-likeness (QED) is 0.266. The monoisotopic (exact) mass is 158 g/mol. The molecule has 42 valence electrons. The zero-order chi connectivity index (χ0) is 4.50. The molecule has 0 fully saturated rings. The first-order valence-corrected chi connectivity index (χ1v) is 2.68. The van der Waals surface area contributed by atoms with Gasteiger partial charge in [0, 0.05) is 0 Å². The topological polar surface area (TPSA) is 80.9 Å². The van der Waals surface area contributed by atoms with Crippen LogP contribution in [0.1, 0.15) is 0 Å². The Balaban J connectivity index is -0.0000000267. The van der Waals surface area contributed by atoms with Gasteiger partial charge in [0.05, 0.1) is 0 Å². The van der Waals surface area contributed by atoms with Gasteiger partial charge in [-0.3, -0.25) is 0 Å². The molecule has 4 N–H and O–H groups in total. The van der Waals surface area contributed by atoms with Crippen LogP contribution in [-0.4, -0.2) is 94.0 Å². The van der Waals surface area contributed by atoms with Crippen LogP contribution in [0.4, 0.5) is 0 Å². The van der Waals surface area contributed by atoms with Crippen LogP contribution in [0.2, 0.25) is 0 Å². The molecule has 0 saturated carbocycles. The maximum atomic E-state index is 7.33. The third-order valence-corrected chi connectivity index (χ3v) is 0. The minimum atomic E-state index is -4.61. The van der Waals surface area contributed by atoms with E-state index in [9.17, 15) is 0 Å². The molecule has 0 aliphatic carbocycles. The Labute approximate surface area is 93.0 Å². The van der Waals surface area contributed by atoms with Crippen LogP contribution in [0.3, 0.4) is 0 Å². The molecule has 8 heavy (non-hydrogen) atoms. The normalized spacial score (nSPS) is 7.50. The van der Waals surface area contributed by atoms with E-state index in [2.05, 4.69) is 0 Å². The van der Waals surface area contributed by atoms with E-state index in [0.717, 1.165) is 0 Å². The summed E-state index contributed by atoms with van der Waals surface area (Å²) in [4.78, 5) is 29.3. The summed E-state index contributed by atoms with van der Waals surface area (Å²) >= 11 is 0. The number of rotatable bonds is 0. The molecule has 0 bridgehead atoms. The molecule has 0 aliphatic heterocycles. The van der Waals surface area contributed by atoms with Gasteiger partial charge < -0.3 is 19.2 Å². The first-order valence-electron chi connectivity index (χ1n) is 0.894. The molecular weight excluding hydrogens is 149 g/mol. The third kappa shape index (κ3) is 88.4. The van der Waals surface area contributed by atoms with Crippen molar-refractivity contribution in [3.05, 3.63) is 0 Å². The molecule has 0 aromatic rings. The molecule has 0 heterocycles. The number of hydrogen-bond donors (Lipinski definition) is 4. The molecule has 0 aromatic carbocycles. The molecule has 4 nitrogen and oxygen atoms in total. The first kappa shape index (κ1) is 22.5. The van der Waals surface area contributed by atoms with Crippen molar-refractivity contribution >= 4 is 74.8 Å². The van der Waals surface area contributed by atoms with Crippen molar-refractivity contribution in [2.75, 3.05) is 0 Å². The Hall–Kier alpha value is 2.19. The molecule has 0 atom stereocenters. The molecule has 0 unspecified atom stereocenters. The molecule has 0 radical (unpaired) electrons. The zero-order valence-corrected chi connectivity index (χ0v) is 3.29. The Morgan fingerprint density at radius 3 is 0.875 bits per heavy atom. The molecule has 0 aliphatic rings. The van der Waals surface area contributed by atoms with Crippen LogP contribution < -0.4 is 0 Å². The average molecular weight is 158 g/mol. The van der Waals surface area contributed by atoms with Crippen molar-refractivity contribution < 1.29 is 19.2 Å². The van der Waals surface area contributed by atoms with E-state index >= 15 is 0 Å². The molecule has 0 spiro atoms. The fraction of sp³-hybridized carbons (Fsp3) is 0. The minimum absolute atomic E-state index is 0. The molecular formula is H9AlLiNaO4Si. The summed E-state index contributed by atoms with van der Waals surface area (Å²) < 4.78 is 0.